The van der Waals surface area contributed by atoms with E-state index in [2.05, 4.69) is 20.7 Å². The second-order valence-corrected chi connectivity index (χ2v) is 3.69. The molecule has 0 bridgehead atoms. The number of rotatable bonds is 3. The number of hydrogen-bond acceptors (Lipinski definition) is 3. The molecule has 0 aliphatic heterocycles. The summed E-state index contributed by atoms with van der Waals surface area (Å²) in [5.41, 5.74) is 0.983. The van der Waals surface area contributed by atoms with Gasteiger partial charge < -0.3 is 9.47 Å². The van der Waals surface area contributed by atoms with Gasteiger partial charge in [0, 0.05) is 4.47 Å². The molecule has 1 rings (SSSR count). The Morgan fingerprint density at radius 3 is 2.86 bits per heavy atom. The van der Waals surface area contributed by atoms with Crippen molar-refractivity contribution in [3.05, 3.63) is 28.2 Å². The summed E-state index contributed by atoms with van der Waals surface area (Å²) in [4.78, 5) is 10.8. The van der Waals surface area contributed by atoms with Gasteiger partial charge in [0.1, 0.15) is 5.75 Å². The van der Waals surface area contributed by atoms with Crippen molar-refractivity contribution in [3.8, 4) is 5.75 Å². The number of hydrogen-bond donors (Lipinski definition) is 0. The van der Waals surface area contributed by atoms with Crippen LogP contribution in [0.25, 0.3) is 0 Å². The fraction of sp³-hybridized carbons (Fsp3) is 0.300. The fourth-order valence-corrected chi connectivity index (χ4v) is 1.27. The zero-order valence-corrected chi connectivity index (χ0v) is 9.63. The Hall–Kier alpha value is -1.03. The maximum absolute atomic E-state index is 10.8. The molecule has 0 N–H and O–H groups in total. The van der Waals surface area contributed by atoms with Crippen molar-refractivity contribution in [2.75, 3.05) is 13.7 Å². The normalized spacial score (nSPS) is 9.64. The first-order valence-corrected chi connectivity index (χ1v) is 4.88. The highest BCUT2D eigenvalue weighted by atomic mass is 79.9. The quantitative estimate of drug-likeness (QED) is 0.781. The lowest BCUT2D eigenvalue weighted by atomic mass is 10.2. The van der Waals surface area contributed by atoms with Gasteiger partial charge in [-0.25, -0.2) is 4.79 Å². The summed E-state index contributed by atoms with van der Waals surface area (Å²) in [5, 5.41) is 0. The standard InChI is InChI=1S/C10H11BrO3/c1-7-3-4-8(11)5-9(7)14-6-10(12)13-2/h3-5H,6H2,1-2H3. The third-order valence-electron chi connectivity index (χ3n) is 1.72. The topological polar surface area (TPSA) is 35.5 Å². The summed E-state index contributed by atoms with van der Waals surface area (Å²) in [5.74, 6) is 0.300. The monoisotopic (exact) mass is 258 g/mol. The lowest BCUT2D eigenvalue weighted by Gasteiger charge is -2.07. The number of halogens is 1. The SMILES string of the molecule is COC(=O)COc1cc(Br)ccc1C. The van der Waals surface area contributed by atoms with Crippen molar-refractivity contribution in [2.24, 2.45) is 0 Å². The minimum absolute atomic E-state index is 0.0617. The van der Waals surface area contributed by atoms with E-state index in [1.165, 1.54) is 7.11 Å². The zero-order valence-electron chi connectivity index (χ0n) is 8.04. The number of esters is 1. The molecule has 0 amide bonds. The van der Waals surface area contributed by atoms with E-state index < -0.39 is 0 Å². The largest absolute Gasteiger partial charge is 0.482 e. The molecule has 0 atom stereocenters. The molecule has 0 aliphatic carbocycles. The van der Waals surface area contributed by atoms with Crippen molar-refractivity contribution >= 4 is 21.9 Å². The number of aryl methyl sites for hydroxylation is 1. The van der Waals surface area contributed by atoms with Crippen LogP contribution in [0.5, 0.6) is 5.75 Å². The van der Waals surface area contributed by atoms with Crippen LogP contribution in [0, 0.1) is 6.92 Å². The van der Waals surface area contributed by atoms with Crippen LogP contribution in [0.4, 0.5) is 0 Å². The average molecular weight is 259 g/mol. The van der Waals surface area contributed by atoms with E-state index in [4.69, 9.17) is 4.74 Å². The predicted molar refractivity (Wildman–Crippen MR) is 56.4 cm³/mol. The fourth-order valence-electron chi connectivity index (χ4n) is 0.925. The van der Waals surface area contributed by atoms with Gasteiger partial charge in [0.25, 0.3) is 0 Å². The number of carbonyl (C=O) groups is 1. The highest BCUT2D eigenvalue weighted by Gasteiger charge is 2.04. The molecule has 0 aliphatic rings. The smallest absolute Gasteiger partial charge is 0.343 e. The van der Waals surface area contributed by atoms with Crippen molar-refractivity contribution in [2.45, 2.75) is 6.92 Å². The van der Waals surface area contributed by atoms with Crippen LogP contribution < -0.4 is 4.74 Å². The molecular formula is C10H11BrO3. The van der Waals surface area contributed by atoms with Gasteiger partial charge in [-0.15, -0.1) is 0 Å². The van der Waals surface area contributed by atoms with Crippen LogP contribution in [0.15, 0.2) is 22.7 Å². The Morgan fingerprint density at radius 2 is 2.21 bits per heavy atom. The van der Waals surface area contributed by atoms with Gasteiger partial charge >= 0.3 is 5.97 Å². The Balaban J connectivity index is 2.66. The summed E-state index contributed by atoms with van der Waals surface area (Å²) in [6, 6.07) is 5.65. The van der Waals surface area contributed by atoms with Gasteiger partial charge in [-0.2, -0.15) is 0 Å². The molecule has 1 aromatic rings. The van der Waals surface area contributed by atoms with Crippen molar-refractivity contribution < 1.29 is 14.3 Å². The first kappa shape index (κ1) is 11.0. The zero-order chi connectivity index (χ0) is 10.6. The molecule has 0 radical (unpaired) electrons. The van der Waals surface area contributed by atoms with Crippen LogP contribution in [-0.2, 0) is 9.53 Å². The lowest BCUT2D eigenvalue weighted by molar-refractivity contribution is -0.142. The van der Waals surface area contributed by atoms with Crippen molar-refractivity contribution in [3.63, 3.8) is 0 Å². The van der Waals surface area contributed by atoms with Crippen LogP contribution in [0.3, 0.4) is 0 Å². The molecule has 0 spiro atoms. The molecule has 0 saturated carbocycles. The molecule has 0 unspecified atom stereocenters. The molecule has 76 valence electrons. The molecule has 14 heavy (non-hydrogen) atoms. The van der Waals surface area contributed by atoms with E-state index in [1.54, 1.807) is 0 Å². The van der Waals surface area contributed by atoms with Gasteiger partial charge in [-0.1, -0.05) is 22.0 Å². The maximum Gasteiger partial charge on any atom is 0.343 e. The highest BCUT2D eigenvalue weighted by molar-refractivity contribution is 9.10. The van der Waals surface area contributed by atoms with Crippen LogP contribution in [0.1, 0.15) is 5.56 Å². The Labute approximate surface area is 91.1 Å². The van der Waals surface area contributed by atoms with Crippen molar-refractivity contribution in [1.82, 2.24) is 0 Å². The molecule has 3 nitrogen and oxygen atoms in total. The van der Waals surface area contributed by atoms with Gasteiger partial charge in [0.05, 0.1) is 7.11 Å². The maximum atomic E-state index is 10.8. The van der Waals surface area contributed by atoms with Gasteiger partial charge in [0.15, 0.2) is 6.61 Å². The molecule has 1 aromatic carbocycles. The van der Waals surface area contributed by atoms with E-state index in [-0.39, 0.29) is 12.6 Å². The molecule has 0 aromatic heterocycles. The van der Waals surface area contributed by atoms with Gasteiger partial charge in [0.2, 0.25) is 0 Å². The third kappa shape index (κ3) is 3.03. The summed E-state index contributed by atoms with van der Waals surface area (Å²) < 4.78 is 10.7. The molecule has 0 fully saturated rings. The molecule has 0 heterocycles. The summed E-state index contributed by atoms with van der Waals surface area (Å²) in [7, 11) is 1.33. The van der Waals surface area contributed by atoms with E-state index in [0.29, 0.717) is 5.75 Å². The highest BCUT2D eigenvalue weighted by Crippen LogP contribution is 2.22. The summed E-state index contributed by atoms with van der Waals surface area (Å²) >= 11 is 3.32. The lowest BCUT2D eigenvalue weighted by Crippen LogP contribution is -2.12. The number of ether oxygens (including phenoxy) is 2. The van der Waals surface area contributed by atoms with Gasteiger partial charge in [-0.3, -0.25) is 0 Å². The third-order valence-corrected chi connectivity index (χ3v) is 2.22. The van der Waals surface area contributed by atoms with Crippen LogP contribution in [0.2, 0.25) is 0 Å². The van der Waals surface area contributed by atoms with Gasteiger partial charge in [-0.05, 0) is 24.6 Å². The summed E-state index contributed by atoms with van der Waals surface area (Å²) in [6.45, 7) is 1.85. The van der Waals surface area contributed by atoms with E-state index in [0.717, 1.165) is 10.0 Å². The minimum Gasteiger partial charge on any atom is -0.482 e. The Bertz CT molecular complexity index is 336. The van der Waals surface area contributed by atoms with Crippen LogP contribution >= 0.6 is 15.9 Å². The first-order valence-electron chi connectivity index (χ1n) is 4.09. The number of methoxy groups -OCH3 is 1. The number of benzene rings is 1. The molecular weight excluding hydrogens is 248 g/mol. The van der Waals surface area contributed by atoms with E-state index in [1.807, 2.05) is 25.1 Å². The van der Waals surface area contributed by atoms with E-state index >= 15 is 0 Å². The van der Waals surface area contributed by atoms with E-state index in [9.17, 15) is 4.79 Å². The van der Waals surface area contributed by atoms with Crippen LogP contribution in [-0.4, -0.2) is 19.7 Å². The molecule has 4 heteroatoms. The second-order valence-electron chi connectivity index (χ2n) is 2.77. The summed E-state index contributed by atoms with van der Waals surface area (Å²) in [6.07, 6.45) is 0. The average Bonchev–Trinajstić information content (AvgIpc) is 2.19. The minimum atomic E-state index is -0.385. The number of carbonyl (C=O) groups excluding carboxylic acids is 1. The Morgan fingerprint density at radius 1 is 1.50 bits per heavy atom. The molecule has 0 saturated heterocycles. The van der Waals surface area contributed by atoms with Crippen molar-refractivity contribution in [1.29, 1.82) is 0 Å². The first-order chi connectivity index (χ1) is 6.63. The Kier molecular flexibility index (Phi) is 3.95. The second kappa shape index (κ2) is 5.00. The predicted octanol–water partition coefficient (Wildman–Crippen LogP) is 2.31.